The Balaban J connectivity index is 0.00000323. The summed E-state index contributed by atoms with van der Waals surface area (Å²) in [7, 11) is 0. The van der Waals surface area contributed by atoms with E-state index in [9.17, 15) is 0 Å². The van der Waals surface area contributed by atoms with Crippen LogP contribution in [0.2, 0.25) is 0 Å². The standard InChI is InChI=1S/C36H24F2N.Ir/c37-36(38,33-17-2-1-3-18-33)34-19-9-15-31(25-34)29-13-7-11-27(23-29)26-10-6-12-28(22-26)30-14-8-16-32(24-30)35-20-4-5-21-39-35;/h1-15,17-25H;/q-1;. The van der Waals surface area contributed by atoms with Crippen molar-refractivity contribution in [1.82, 2.24) is 4.98 Å². The van der Waals surface area contributed by atoms with Gasteiger partial charge in [-0.1, -0.05) is 97.1 Å². The minimum absolute atomic E-state index is 0. The number of benzene rings is 5. The third-order valence-electron chi connectivity index (χ3n) is 6.83. The van der Waals surface area contributed by atoms with Crippen LogP contribution in [0.5, 0.6) is 0 Å². The number of hydrogen-bond acceptors (Lipinski definition) is 1. The molecule has 0 saturated carbocycles. The Hall–Kier alpha value is -4.24. The molecule has 40 heavy (non-hydrogen) atoms. The molecule has 197 valence electrons. The molecular weight excluding hydrogens is 677 g/mol. The zero-order chi connectivity index (χ0) is 26.7. The molecule has 1 radical (unpaired) electrons. The molecule has 1 nitrogen and oxygen atoms in total. The van der Waals surface area contributed by atoms with Gasteiger partial charge in [-0.25, -0.2) is 0 Å². The van der Waals surface area contributed by atoms with Crippen LogP contribution in [0.1, 0.15) is 11.1 Å². The largest absolute Gasteiger partial charge is 0.305 e. The van der Waals surface area contributed by atoms with Crippen molar-refractivity contribution in [2.75, 3.05) is 0 Å². The first-order valence-electron chi connectivity index (χ1n) is 12.8. The smallest absolute Gasteiger partial charge is 0.298 e. The molecule has 5 aromatic carbocycles. The molecule has 4 heteroatoms. The summed E-state index contributed by atoms with van der Waals surface area (Å²) in [6.07, 6.45) is 1.78. The number of alkyl halides is 2. The third kappa shape index (κ3) is 5.70. The second-order valence-corrected chi connectivity index (χ2v) is 9.39. The van der Waals surface area contributed by atoms with Crippen LogP contribution in [0.15, 0.2) is 146 Å². The Bertz CT molecular complexity index is 1730. The van der Waals surface area contributed by atoms with Crippen molar-refractivity contribution < 1.29 is 28.9 Å². The molecule has 0 spiro atoms. The summed E-state index contributed by atoms with van der Waals surface area (Å²) in [5.74, 6) is -3.08. The molecule has 0 N–H and O–H groups in total. The monoisotopic (exact) mass is 701 g/mol. The number of nitrogens with zero attached hydrogens (tertiary/aromatic N) is 1. The van der Waals surface area contributed by atoms with Crippen molar-refractivity contribution >= 4 is 0 Å². The first-order valence-corrected chi connectivity index (χ1v) is 12.8. The third-order valence-corrected chi connectivity index (χ3v) is 6.83. The second-order valence-electron chi connectivity index (χ2n) is 9.39. The summed E-state index contributed by atoms with van der Waals surface area (Å²) >= 11 is 0. The summed E-state index contributed by atoms with van der Waals surface area (Å²) in [5, 5.41) is 0. The molecular formula is C36H24F2IrN-. The maximum absolute atomic E-state index is 15.3. The van der Waals surface area contributed by atoms with Crippen LogP contribution in [0.4, 0.5) is 8.78 Å². The summed E-state index contributed by atoms with van der Waals surface area (Å²) < 4.78 is 30.5. The van der Waals surface area contributed by atoms with E-state index in [-0.39, 0.29) is 31.2 Å². The van der Waals surface area contributed by atoms with Crippen molar-refractivity contribution in [3.63, 3.8) is 0 Å². The van der Waals surface area contributed by atoms with E-state index in [2.05, 4.69) is 41.4 Å². The van der Waals surface area contributed by atoms with E-state index in [1.807, 2.05) is 60.7 Å². The van der Waals surface area contributed by atoms with E-state index in [0.717, 1.165) is 44.6 Å². The Morgan fingerprint density at radius 1 is 0.500 bits per heavy atom. The number of aromatic nitrogens is 1. The van der Waals surface area contributed by atoms with Crippen molar-refractivity contribution in [2.45, 2.75) is 5.92 Å². The van der Waals surface area contributed by atoms with Crippen LogP contribution < -0.4 is 0 Å². The summed E-state index contributed by atoms with van der Waals surface area (Å²) in [4.78, 5) is 4.45. The Morgan fingerprint density at radius 3 is 1.62 bits per heavy atom. The van der Waals surface area contributed by atoms with Gasteiger partial charge in [0.15, 0.2) is 0 Å². The number of rotatable bonds is 6. The maximum atomic E-state index is 15.3. The fraction of sp³-hybridized carbons (Fsp3) is 0.0278. The fourth-order valence-electron chi connectivity index (χ4n) is 4.78. The second kappa shape index (κ2) is 11.9. The van der Waals surface area contributed by atoms with Crippen molar-refractivity contribution in [2.24, 2.45) is 0 Å². The van der Waals surface area contributed by atoms with Gasteiger partial charge in [-0.05, 0) is 57.8 Å². The molecule has 0 aliphatic heterocycles. The molecule has 0 bridgehead atoms. The molecule has 6 aromatic rings. The minimum Gasteiger partial charge on any atom is -0.305 e. The van der Waals surface area contributed by atoms with Crippen LogP contribution in [-0.4, -0.2) is 4.98 Å². The molecule has 0 fully saturated rings. The Labute approximate surface area is 246 Å². The van der Waals surface area contributed by atoms with Crippen molar-refractivity contribution in [1.29, 1.82) is 0 Å². The predicted molar refractivity (Wildman–Crippen MR) is 154 cm³/mol. The van der Waals surface area contributed by atoms with Gasteiger partial charge in [0.2, 0.25) is 0 Å². The van der Waals surface area contributed by atoms with Crippen LogP contribution in [0.3, 0.4) is 0 Å². The predicted octanol–water partition coefficient (Wildman–Crippen LogP) is 9.69. The zero-order valence-corrected chi connectivity index (χ0v) is 23.8. The van der Waals surface area contributed by atoms with E-state index in [1.54, 1.807) is 36.5 Å². The van der Waals surface area contributed by atoms with Gasteiger partial charge < -0.3 is 4.98 Å². The summed E-state index contributed by atoms with van der Waals surface area (Å²) in [6, 6.07) is 46.1. The van der Waals surface area contributed by atoms with E-state index in [0.29, 0.717) is 0 Å². The zero-order valence-electron chi connectivity index (χ0n) is 21.4. The molecule has 1 heterocycles. The fourth-order valence-corrected chi connectivity index (χ4v) is 4.78. The minimum atomic E-state index is -3.08. The molecule has 0 saturated heterocycles. The molecule has 0 amide bonds. The van der Waals surface area contributed by atoms with Gasteiger partial charge in [0.05, 0.1) is 0 Å². The van der Waals surface area contributed by atoms with Gasteiger partial charge in [0, 0.05) is 37.4 Å². The number of hydrogen-bond donors (Lipinski definition) is 0. The van der Waals surface area contributed by atoms with Crippen LogP contribution in [0, 0.1) is 6.07 Å². The van der Waals surface area contributed by atoms with E-state index < -0.39 is 5.92 Å². The number of halogens is 2. The van der Waals surface area contributed by atoms with Gasteiger partial charge in [-0.3, -0.25) is 0 Å². The Kier molecular flexibility index (Phi) is 8.11. The quantitative estimate of drug-likeness (QED) is 0.158. The van der Waals surface area contributed by atoms with Gasteiger partial charge in [-0.2, -0.15) is 8.78 Å². The summed E-state index contributed by atoms with van der Waals surface area (Å²) in [5.41, 5.74) is 7.62. The first kappa shape index (κ1) is 27.3. The maximum Gasteiger partial charge on any atom is 0.298 e. The van der Waals surface area contributed by atoms with E-state index in [4.69, 9.17) is 0 Å². The molecule has 0 aliphatic carbocycles. The van der Waals surface area contributed by atoms with Gasteiger partial charge >= 0.3 is 0 Å². The molecule has 6 rings (SSSR count). The van der Waals surface area contributed by atoms with Crippen LogP contribution in [-0.2, 0) is 26.0 Å². The topological polar surface area (TPSA) is 12.9 Å². The summed E-state index contributed by atoms with van der Waals surface area (Å²) in [6.45, 7) is 0. The van der Waals surface area contributed by atoms with E-state index in [1.165, 1.54) is 18.2 Å². The SMILES string of the molecule is FC(F)(c1ccccc1)c1cccc(-c2cccc(-c3cccc(-c4cc[c-]c(-c5ccccn5)c4)c3)c2)c1.[Ir]. The Morgan fingerprint density at radius 2 is 1.02 bits per heavy atom. The molecule has 1 aromatic heterocycles. The van der Waals surface area contributed by atoms with Crippen LogP contribution in [0.25, 0.3) is 44.6 Å². The molecule has 0 atom stereocenters. The van der Waals surface area contributed by atoms with Crippen molar-refractivity contribution in [3.8, 4) is 44.6 Å². The molecule has 0 unspecified atom stereocenters. The average Bonchev–Trinajstić information content (AvgIpc) is 3.02. The first-order chi connectivity index (χ1) is 19.1. The van der Waals surface area contributed by atoms with Gasteiger partial charge in [0.25, 0.3) is 5.92 Å². The van der Waals surface area contributed by atoms with Gasteiger partial charge in [-0.15, -0.1) is 35.4 Å². The van der Waals surface area contributed by atoms with Crippen LogP contribution >= 0.6 is 0 Å². The normalized spacial score (nSPS) is 11.1. The van der Waals surface area contributed by atoms with Crippen molar-refractivity contribution in [3.05, 3.63) is 163 Å². The van der Waals surface area contributed by atoms with Gasteiger partial charge in [0.1, 0.15) is 0 Å². The average molecular weight is 701 g/mol. The van der Waals surface area contributed by atoms with E-state index >= 15 is 8.78 Å². The number of pyridine rings is 1. The molecule has 0 aliphatic rings.